The molecule has 1 aromatic heterocycles. The smallest absolute Gasteiger partial charge is 0.226 e. The van der Waals surface area contributed by atoms with Gasteiger partial charge in [0.15, 0.2) is 0 Å². The first-order chi connectivity index (χ1) is 8.31. The second-order valence-electron chi connectivity index (χ2n) is 3.63. The van der Waals surface area contributed by atoms with E-state index in [-0.39, 0.29) is 0 Å². The van der Waals surface area contributed by atoms with Crippen LogP contribution in [0.15, 0.2) is 34.9 Å². The van der Waals surface area contributed by atoms with Crippen LogP contribution in [0, 0.1) is 0 Å². The summed E-state index contributed by atoms with van der Waals surface area (Å²) in [6, 6.07) is 9.84. The molecule has 0 aliphatic heterocycles. The quantitative estimate of drug-likeness (QED) is 0.885. The van der Waals surface area contributed by atoms with Gasteiger partial charge in [-0.05, 0) is 20.5 Å². The highest BCUT2D eigenvalue weighted by molar-refractivity contribution is 5.53. The molecule has 0 saturated heterocycles. The number of aryl methyl sites for hydroxylation is 1. The average Bonchev–Trinajstić information content (AvgIpc) is 2.80. The summed E-state index contributed by atoms with van der Waals surface area (Å²) in [6.45, 7) is 2.09. The van der Waals surface area contributed by atoms with Crippen LogP contribution in [0.5, 0.6) is 0 Å². The number of hydrogen-bond acceptors (Lipinski definition) is 4. The molecule has 1 N–H and O–H groups in total. The molecule has 17 heavy (non-hydrogen) atoms. The molecule has 0 fully saturated rings. The fourth-order valence-electron chi connectivity index (χ4n) is 1.27. The van der Waals surface area contributed by atoms with Crippen molar-refractivity contribution < 1.29 is 4.52 Å². The molecular formula is C13H19N3O. The van der Waals surface area contributed by atoms with E-state index in [0.717, 1.165) is 18.4 Å². The van der Waals surface area contributed by atoms with E-state index < -0.39 is 0 Å². The van der Waals surface area contributed by atoms with E-state index in [9.17, 15) is 0 Å². The minimum Gasteiger partial charge on any atom is -0.339 e. The van der Waals surface area contributed by atoms with Crippen molar-refractivity contribution in [2.24, 2.45) is 0 Å². The van der Waals surface area contributed by atoms with Crippen molar-refractivity contribution in [3.63, 3.8) is 0 Å². The topological polar surface area (TPSA) is 51.0 Å². The fraction of sp³-hybridized carbons (Fsp3) is 0.385. The van der Waals surface area contributed by atoms with Crippen LogP contribution < -0.4 is 5.32 Å². The number of nitrogens with zero attached hydrogens (tertiary/aromatic N) is 2. The summed E-state index contributed by atoms with van der Waals surface area (Å²) in [5.41, 5.74) is 0.999. The van der Waals surface area contributed by atoms with Crippen LogP contribution in [0.25, 0.3) is 11.4 Å². The molecule has 0 saturated carbocycles. The third-order valence-electron chi connectivity index (χ3n) is 1.96. The minimum atomic E-state index is 0.675. The molecule has 4 heteroatoms. The Bertz CT molecular complexity index is 412. The number of rotatable bonds is 3. The Kier molecular flexibility index (Phi) is 5.96. The summed E-state index contributed by atoms with van der Waals surface area (Å²) < 4.78 is 5.10. The highest BCUT2D eigenvalue weighted by Gasteiger charge is 2.06. The molecule has 0 bridgehead atoms. The van der Waals surface area contributed by atoms with Gasteiger partial charge in [-0.1, -0.05) is 42.4 Å². The van der Waals surface area contributed by atoms with Gasteiger partial charge >= 0.3 is 0 Å². The first-order valence-electron chi connectivity index (χ1n) is 5.78. The molecule has 0 aliphatic carbocycles. The van der Waals surface area contributed by atoms with Gasteiger partial charge in [0.25, 0.3) is 0 Å². The van der Waals surface area contributed by atoms with Crippen LogP contribution in [0.2, 0.25) is 0 Å². The minimum absolute atomic E-state index is 0.675. The Morgan fingerprint density at radius 2 is 1.82 bits per heavy atom. The Balaban J connectivity index is 0.000000437. The number of nitrogens with one attached hydrogen (secondary N) is 1. The number of aromatic nitrogens is 2. The van der Waals surface area contributed by atoms with Crippen LogP contribution in [-0.2, 0) is 6.42 Å². The average molecular weight is 233 g/mol. The van der Waals surface area contributed by atoms with Crippen LogP contribution in [0.1, 0.15) is 19.2 Å². The number of hydrogen-bond donors (Lipinski definition) is 1. The zero-order valence-corrected chi connectivity index (χ0v) is 10.6. The molecular weight excluding hydrogens is 214 g/mol. The Morgan fingerprint density at radius 3 is 2.41 bits per heavy atom. The van der Waals surface area contributed by atoms with Gasteiger partial charge < -0.3 is 9.84 Å². The molecule has 0 atom stereocenters. The van der Waals surface area contributed by atoms with Crippen LogP contribution >= 0.6 is 0 Å². The molecule has 2 aromatic rings. The lowest BCUT2D eigenvalue weighted by atomic mass is 10.2. The highest BCUT2D eigenvalue weighted by atomic mass is 16.5. The van der Waals surface area contributed by atoms with Gasteiger partial charge in [-0.2, -0.15) is 4.98 Å². The maximum Gasteiger partial charge on any atom is 0.226 e. The van der Waals surface area contributed by atoms with Gasteiger partial charge in [-0.3, -0.25) is 0 Å². The molecule has 2 rings (SSSR count). The van der Waals surface area contributed by atoms with E-state index in [2.05, 4.69) is 22.4 Å². The normalized spacial score (nSPS) is 9.59. The van der Waals surface area contributed by atoms with Crippen molar-refractivity contribution in [1.82, 2.24) is 15.5 Å². The monoisotopic (exact) mass is 233 g/mol. The molecule has 0 radical (unpaired) electrons. The molecule has 0 spiro atoms. The van der Waals surface area contributed by atoms with E-state index in [1.54, 1.807) is 0 Å². The third kappa shape index (κ3) is 4.36. The predicted molar refractivity (Wildman–Crippen MR) is 68.7 cm³/mol. The summed E-state index contributed by atoms with van der Waals surface area (Å²) in [4.78, 5) is 4.29. The Hall–Kier alpha value is -1.68. The summed E-state index contributed by atoms with van der Waals surface area (Å²) in [5.74, 6) is 1.39. The predicted octanol–water partition coefficient (Wildman–Crippen LogP) is 2.52. The zero-order valence-electron chi connectivity index (χ0n) is 10.6. The molecule has 1 heterocycles. The fourth-order valence-corrected chi connectivity index (χ4v) is 1.27. The van der Waals surface area contributed by atoms with Crippen LogP contribution in [0.3, 0.4) is 0 Å². The van der Waals surface area contributed by atoms with E-state index in [4.69, 9.17) is 4.52 Å². The van der Waals surface area contributed by atoms with Crippen LogP contribution in [0.4, 0.5) is 0 Å². The zero-order chi connectivity index (χ0) is 12.5. The van der Waals surface area contributed by atoms with Gasteiger partial charge in [-0.25, -0.2) is 0 Å². The Labute approximate surface area is 102 Å². The van der Waals surface area contributed by atoms with E-state index >= 15 is 0 Å². The highest BCUT2D eigenvalue weighted by Crippen LogP contribution is 2.14. The lowest BCUT2D eigenvalue weighted by Crippen LogP contribution is -1.89. The second-order valence-corrected chi connectivity index (χ2v) is 3.63. The largest absolute Gasteiger partial charge is 0.339 e. The maximum atomic E-state index is 5.10. The van der Waals surface area contributed by atoms with E-state index in [0.29, 0.717) is 11.7 Å². The van der Waals surface area contributed by atoms with E-state index in [1.165, 1.54) is 0 Å². The standard InChI is InChI=1S/C11H12N2O.C2H7N/c1-2-6-10-12-11(13-14-10)9-7-4-3-5-8-9;1-3-2/h3-5,7-8H,2,6H2,1H3;3H,1-2H3. The SMILES string of the molecule is CCCc1nc(-c2ccccc2)no1.CNC. The van der Waals surface area contributed by atoms with Crippen molar-refractivity contribution in [1.29, 1.82) is 0 Å². The molecule has 0 unspecified atom stereocenters. The first kappa shape index (κ1) is 13.4. The molecule has 4 nitrogen and oxygen atoms in total. The van der Waals surface area contributed by atoms with Crippen molar-refractivity contribution >= 4 is 0 Å². The molecule has 1 aromatic carbocycles. The third-order valence-corrected chi connectivity index (χ3v) is 1.96. The maximum absolute atomic E-state index is 5.10. The van der Waals surface area contributed by atoms with Gasteiger partial charge in [0.1, 0.15) is 0 Å². The molecule has 0 amide bonds. The van der Waals surface area contributed by atoms with Crippen molar-refractivity contribution in [2.75, 3.05) is 14.1 Å². The second kappa shape index (κ2) is 7.57. The number of benzene rings is 1. The summed E-state index contributed by atoms with van der Waals surface area (Å²) >= 11 is 0. The van der Waals surface area contributed by atoms with E-state index in [1.807, 2.05) is 44.4 Å². The van der Waals surface area contributed by atoms with Crippen molar-refractivity contribution in [3.8, 4) is 11.4 Å². The summed E-state index contributed by atoms with van der Waals surface area (Å²) in [5, 5.41) is 6.67. The molecule has 92 valence electrons. The van der Waals surface area contributed by atoms with Crippen LogP contribution in [-0.4, -0.2) is 24.2 Å². The lowest BCUT2D eigenvalue weighted by Gasteiger charge is -1.90. The van der Waals surface area contributed by atoms with Gasteiger partial charge in [0.05, 0.1) is 0 Å². The first-order valence-corrected chi connectivity index (χ1v) is 5.78. The Morgan fingerprint density at radius 1 is 1.18 bits per heavy atom. The van der Waals surface area contributed by atoms with Gasteiger partial charge in [0, 0.05) is 12.0 Å². The van der Waals surface area contributed by atoms with Gasteiger partial charge in [0.2, 0.25) is 11.7 Å². The molecule has 0 aliphatic rings. The van der Waals surface area contributed by atoms with Gasteiger partial charge in [-0.15, -0.1) is 0 Å². The lowest BCUT2D eigenvalue weighted by molar-refractivity contribution is 0.378. The summed E-state index contributed by atoms with van der Waals surface area (Å²) in [6.07, 6.45) is 1.87. The summed E-state index contributed by atoms with van der Waals surface area (Å²) in [7, 11) is 3.75. The van der Waals surface area contributed by atoms with Crippen molar-refractivity contribution in [2.45, 2.75) is 19.8 Å². The van der Waals surface area contributed by atoms with Crippen molar-refractivity contribution in [3.05, 3.63) is 36.2 Å².